The number of benzene rings is 2. The highest BCUT2D eigenvalue weighted by Crippen LogP contribution is 2.14. The van der Waals surface area contributed by atoms with Crippen LogP contribution in [0.25, 0.3) is 12.2 Å². The predicted octanol–water partition coefficient (Wildman–Crippen LogP) is 3.40. The van der Waals surface area contributed by atoms with Crippen LogP contribution in [0.5, 0.6) is 0 Å². The largest absolute Gasteiger partial charge is 0.224 e. The van der Waals surface area contributed by atoms with Gasteiger partial charge in [-0.25, -0.2) is 12.8 Å². The summed E-state index contributed by atoms with van der Waals surface area (Å²) >= 11 is 0. The highest BCUT2D eigenvalue weighted by molar-refractivity contribution is 7.90. The molecule has 0 aliphatic rings. The third kappa shape index (κ3) is 3.51. The lowest BCUT2D eigenvalue weighted by molar-refractivity contribution is 0.602. The van der Waals surface area contributed by atoms with Crippen LogP contribution in [-0.2, 0) is 9.84 Å². The number of sulfone groups is 1. The Bertz CT molecular complexity index is 701. The zero-order valence-electron chi connectivity index (χ0n) is 10.4. The molecule has 0 saturated carbocycles. The second-order valence-corrected chi connectivity index (χ2v) is 6.21. The van der Waals surface area contributed by atoms with Gasteiger partial charge in [0.05, 0.1) is 4.90 Å². The Morgan fingerprint density at radius 2 is 1.58 bits per heavy atom. The molecule has 2 aromatic carbocycles. The first kappa shape index (κ1) is 13.5. The molecule has 2 rings (SSSR count). The van der Waals surface area contributed by atoms with Crippen molar-refractivity contribution in [3.63, 3.8) is 0 Å². The van der Waals surface area contributed by atoms with E-state index in [4.69, 9.17) is 0 Å². The van der Waals surface area contributed by atoms with Gasteiger partial charge in [-0.1, -0.05) is 42.5 Å². The SMILES string of the molecule is CS(=O)(=O)c1ccc(/C=C/c2ccccc2F)cc1. The summed E-state index contributed by atoms with van der Waals surface area (Å²) in [6, 6.07) is 12.9. The molecule has 0 fully saturated rings. The number of halogens is 1. The molecule has 0 radical (unpaired) electrons. The maximum atomic E-state index is 13.4. The lowest BCUT2D eigenvalue weighted by Crippen LogP contribution is -1.96. The fourth-order valence-corrected chi connectivity index (χ4v) is 2.25. The van der Waals surface area contributed by atoms with Crippen LogP contribution < -0.4 is 0 Å². The number of hydrogen-bond acceptors (Lipinski definition) is 2. The molecule has 19 heavy (non-hydrogen) atoms. The minimum atomic E-state index is -3.18. The Morgan fingerprint density at radius 1 is 0.947 bits per heavy atom. The van der Waals surface area contributed by atoms with Crippen molar-refractivity contribution in [3.8, 4) is 0 Å². The third-order valence-electron chi connectivity index (χ3n) is 2.67. The Morgan fingerprint density at radius 3 is 2.16 bits per heavy atom. The van der Waals surface area contributed by atoms with E-state index in [1.807, 2.05) is 0 Å². The summed E-state index contributed by atoms with van der Waals surface area (Å²) in [7, 11) is -3.18. The maximum absolute atomic E-state index is 13.4. The summed E-state index contributed by atoms with van der Waals surface area (Å²) in [5.41, 5.74) is 1.31. The molecule has 0 atom stereocenters. The van der Waals surface area contributed by atoms with Crippen LogP contribution in [-0.4, -0.2) is 14.7 Å². The molecule has 4 heteroatoms. The van der Waals surface area contributed by atoms with Crippen molar-refractivity contribution in [3.05, 3.63) is 65.5 Å². The van der Waals surface area contributed by atoms with Gasteiger partial charge in [-0.05, 0) is 23.8 Å². The fourth-order valence-electron chi connectivity index (χ4n) is 1.62. The Balaban J connectivity index is 2.23. The van der Waals surface area contributed by atoms with Gasteiger partial charge in [0.15, 0.2) is 9.84 Å². The van der Waals surface area contributed by atoms with Crippen LogP contribution in [0.1, 0.15) is 11.1 Å². The van der Waals surface area contributed by atoms with Crippen molar-refractivity contribution in [2.75, 3.05) is 6.26 Å². The van der Waals surface area contributed by atoms with Gasteiger partial charge < -0.3 is 0 Å². The summed E-state index contributed by atoms with van der Waals surface area (Å²) in [5.74, 6) is -0.286. The first-order chi connectivity index (χ1) is 8.97. The molecule has 2 nitrogen and oxygen atoms in total. The summed E-state index contributed by atoms with van der Waals surface area (Å²) < 4.78 is 36.0. The monoisotopic (exact) mass is 276 g/mol. The van der Waals surface area contributed by atoms with Gasteiger partial charge in [-0.3, -0.25) is 0 Å². The van der Waals surface area contributed by atoms with Crippen molar-refractivity contribution in [2.45, 2.75) is 4.90 Å². The molecular weight excluding hydrogens is 263 g/mol. The van der Waals surface area contributed by atoms with Gasteiger partial charge in [0.2, 0.25) is 0 Å². The maximum Gasteiger partial charge on any atom is 0.175 e. The van der Waals surface area contributed by atoms with Gasteiger partial charge in [-0.15, -0.1) is 0 Å². The highest BCUT2D eigenvalue weighted by Gasteiger charge is 2.05. The van der Waals surface area contributed by atoms with Crippen molar-refractivity contribution in [1.82, 2.24) is 0 Å². The molecule has 0 aliphatic heterocycles. The molecule has 0 unspecified atom stereocenters. The van der Waals surface area contributed by atoms with E-state index >= 15 is 0 Å². The summed E-state index contributed by atoms with van der Waals surface area (Å²) in [6.45, 7) is 0. The molecule has 0 aromatic heterocycles. The van der Waals surface area contributed by atoms with Crippen molar-refractivity contribution in [2.24, 2.45) is 0 Å². The summed E-state index contributed by atoms with van der Waals surface area (Å²) in [5, 5.41) is 0. The van der Waals surface area contributed by atoms with Gasteiger partial charge in [-0.2, -0.15) is 0 Å². The first-order valence-corrected chi connectivity index (χ1v) is 7.59. The second-order valence-electron chi connectivity index (χ2n) is 4.20. The Hall–Kier alpha value is -1.94. The van der Waals surface area contributed by atoms with Gasteiger partial charge >= 0.3 is 0 Å². The number of rotatable bonds is 3. The standard InChI is InChI=1S/C15H13FO2S/c1-19(17,18)14-10-7-12(8-11-14)6-9-13-4-2-3-5-15(13)16/h2-11H,1H3/b9-6+. The van der Waals surface area contributed by atoms with Crippen molar-refractivity contribution >= 4 is 22.0 Å². The topological polar surface area (TPSA) is 34.1 Å². The molecule has 0 heterocycles. The second kappa shape index (κ2) is 5.36. The van der Waals surface area contributed by atoms with E-state index in [1.54, 1.807) is 42.5 Å². The average molecular weight is 276 g/mol. The summed E-state index contributed by atoms with van der Waals surface area (Å²) in [4.78, 5) is 0.274. The van der Waals surface area contributed by atoms with Gasteiger partial charge in [0.25, 0.3) is 0 Å². The molecule has 0 N–H and O–H groups in total. The van der Waals surface area contributed by atoms with E-state index in [1.165, 1.54) is 18.2 Å². The quantitative estimate of drug-likeness (QED) is 0.805. The molecule has 98 valence electrons. The molecule has 0 bridgehead atoms. The first-order valence-electron chi connectivity index (χ1n) is 5.69. The van der Waals surface area contributed by atoms with E-state index < -0.39 is 9.84 Å². The van der Waals surface area contributed by atoms with E-state index in [2.05, 4.69) is 0 Å². The normalized spacial score (nSPS) is 11.9. The van der Waals surface area contributed by atoms with Crippen LogP contribution in [0.15, 0.2) is 53.4 Å². The molecule has 0 aliphatic carbocycles. The molecule has 0 spiro atoms. The molecule has 0 saturated heterocycles. The summed E-state index contributed by atoms with van der Waals surface area (Å²) in [6.07, 6.45) is 4.56. The van der Waals surface area contributed by atoms with Crippen molar-refractivity contribution < 1.29 is 12.8 Å². The zero-order valence-corrected chi connectivity index (χ0v) is 11.2. The Labute approximate surface area is 112 Å². The minimum absolute atomic E-state index is 0.274. The van der Waals surface area contributed by atoms with Crippen molar-refractivity contribution in [1.29, 1.82) is 0 Å². The van der Waals surface area contributed by atoms with E-state index in [0.29, 0.717) is 5.56 Å². The fraction of sp³-hybridized carbons (Fsp3) is 0.0667. The third-order valence-corrected chi connectivity index (χ3v) is 3.80. The lowest BCUT2D eigenvalue weighted by Gasteiger charge is -1.99. The van der Waals surface area contributed by atoms with Crippen LogP contribution in [0.3, 0.4) is 0 Å². The van der Waals surface area contributed by atoms with Gasteiger partial charge in [0.1, 0.15) is 5.82 Å². The van der Waals surface area contributed by atoms with Crippen LogP contribution in [0.2, 0.25) is 0 Å². The average Bonchev–Trinajstić information content (AvgIpc) is 2.37. The molecular formula is C15H13FO2S. The van der Waals surface area contributed by atoms with Crippen LogP contribution >= 0.6 is 0 Å². The van der Waals surface area contributed by atoms with E-state index in [9.17, 15) is 12.8 Å². The number of hydrogen-bond donors (Lipinski definition) is 0. The lowest BCUT2D eigenvalue weighted by atomic mass is 10.1. The minimum Gasteiger partial charge on any atom is -0.224 e. The smallest absolute Gasteiger partial charge is 0.175 e. The van der Waals surface area contributed by atoms with Crippen LogP contribution in [0.4, 0.5) is 4.39 Å². The molecule has 0 amide bonds. The highest BCUT2D eigenvalue weighted by atomic mass is 32.2. The van der Waals surface area contributed by atoms with Gasteiger partial charge in [0, 0.05) is 11.8 Å². The van der Waals surface area contributed by atoms with Crippen LogP contribution in [0, 0.1) is 5.82 Å². The molecule has 2 aromatic rings. The zero-order chi connectivity index (χ0) is 13.9. The van der Waals surface area contributed by atoms with E-state index in [-0.39, 0.29) is 10.7 Å². The van der Waals surface area contributed by atoms with E-state index in [0.717, 1.165) is 11.8 Å². The predicted molar refractivity (Wildman–Crippen MR) is 74.9 cm³/mol. The Kier molecular flexibility index (Phi) is 3.81.